The van der Waals surface area contributed by atoms with E-state index < -0.39 is 17.6 Å². The van der Waals surface area contributed by atoms with Crippen molar-refractivity contribution in [1.82, 2.24) is 9.97 Å². The quantitative estimate of drug-likeness (QED) is 0.637. The molecule has 0 atom stereocenters. The topological polar surface area (TPSA) is 64.8 Å². The molecule has 2 aromatic carbocycles. The average molecular weight is 387 g/mol. The van der Waals surface area contributed by atoms with Crippen LogP contribution in [0.1, 0.15) is 11.1 Å². The van der Waals surface area contributed by atoms with Crippen molar-refractivity contribution in [3.8, 4) is 6.07 Å². The molecule has 0 bridgehead atoms. The Balaban J connectivity index is 1.99. The molecule has 142 valence electrons. The zero-order valence-electron chi connectivity index (χ0n) is 14.5. The molecule has 0 saturated carbocycles. The van der Waals surface area contributed by atoms with Crippen LogP contribution >= 0.6 is 0 Å². The highest BCUT2D eigenvalue weighted by atomic mass is 19.4. The molecule has 0 amide bonds. The lowest BCUT2D eigenvalue weighted by Gasteiger charge is -2.22. The minimum absolute atomic E-state index is 0.0540. The Kier molecular flexibility index (Phi) is 5.13. The second-order valence-corrected chi connectivity index (χ2v) is 5.78. The number of alkyl halides is 3. The van der Waals surface area contributed by atoms with Crippen molar-refractivity contribution in [2.75, 3.05) is 17.3 Å². The summed E-state index contributed by atoms with van der Waals surface area (Å²) in [6.45, 7) is 0. The van der Waals surface area contributed by atoms with E-state index in [1.54, 1.807) is 24.3 Å². The Morgan fingerprint density at radius 1 is 1.04 bits per heavy atom. The number of nitriles is 1. The van der Waals surface area contributed by atoms with E-state index in [0.29, 0.717) is 23.1 Å². The molecular weight excluding hydrogens is 374 g/mol. The summed E-state index contributed by atoms with van der Waals surface area (Å²) in [5.41, 5.74) is 0.254. The predicted molar refractivity (Wildman–Crippen MR) is 95.9 cm³/mol. The van der Waals surface area contributed by atoms with Crippen LogP contribution in [0.5, 0.6) is 0 Å². The Morgan fingerprint density at radius 2 is 1.68 bits per heavy atom. The molecule has 1 N–H and O–H groups in total. The number of nitrogens with one attached hydrogen (secondary N) is 1. The zero-order valence-corrected chi connectivity index (χ0v) is 14.5. The second-order valence-electron chi connectivity index (χ2n) is 5.78. The molecule has 28 heavy (non-hydrogen) atoms. The van der Waals surface area contributed by atoms with Gasteiger partial charge in [0.05, 0.1) is 11.6 Å². The largest absolute Gasteiger partial charge is 0.421 e. The summed E-state index contributed by atoms with van der Waals surface area (Å²) in [6.07, 6.45) is -3.98. The van der Waals surface area contributed by atoms with Gasteiger partial charge in [0, 0.05) is 24.6 Å². The Morgan fingerprint density at radius 3 is 2.25 bits per heavy atom. The molecule has 0 saturated heterocycles. The smallest absolute Gasteiger partial charge is 0.329 e. The van der Waals surface area contributed by atoms with Crippen LogP contribution in [0.2, 0.25) is 0 Å². The first-order valence-electron chi connectivity index (χ1n) is 7.98. The monoisotopic (exact) mass is 387 g/mol. The van der Waals surface area contributed by atoms with Crippen molar-refractivity contribution in [2.45, 2.75) is 6.18 Å². The molecule has 5 nitrogen and oxygen atoms in total. The van der Waals surface area contributed by atoms with Crippen molar-refractivity contribution in [2.24, 2.45) is 0 Å². The van der Waals surface area contributed by atoms with Gasteiger partial charge in [-0.2, -0.15) is 23.4 Å². The Bertz CT molecular complexity index is 1010. The van der Waals surface area contributed by atoms with E-state index >= 15 is 0 Å². The van der Waals surface area contributed by atoms with Crippen molar-refractivity contribution in [1.29, 1.82) is 5.26 Å². The molecule has 3 rings (SSSR count). The lowest BCUT2D eigenvalue weighted by Crippen LogP contribution is -2.19. The molecular formula is C19H13F4N5. The lowest BCUT2D eigenvalue weighted by atomic mass is 10.2. The number of hydrogen-bond donors (Lipinski definition) is 1. The summed E-state index contributed by atoms with van der Waals surface area (Å²) < 4.78 is 53.4. The molecule has 0 unspecified atom stereocenters. The molecule has 0 aliphatic heterocycles. The van der Waals surface area contributed by atoms with Crippen molar-refractivity contribution >= 4 is 23.1 Å². The third-order valence-electron chi connectivity index (χ3n) is 3.88. The second kappa shape index (κ2) is 7.52. The van der Waals surface area contributed by atoms with E-state index in [9.17, 15) is 17.6 Å². The van der Waals surface area contributed by atoms with E-state index in [1.807, 2.05) is 6.07 Å². The number of anilines is 4. The minimum Gasteiger partial charge on any atom is -0.329 e. The maximum absolute atomic E-state index is 13.4. The Hall–Kier alpha value is -3.67. The van der Waals surface area contributed by atoms with Gasteiger partial charge < -0.3 is 10.2 Å². The molecule has 0 fully saturated rings. The summed E-state index contributed by atoms with van der Waals surface area (Å²) in [6, 6.07) is 13.3. The molecule has 1 heterocycles. The van der Waals surface area contributed by atoms with Gasteiger partial charge in [-0.15, -0.1) is 0 Å². The van der Waals surface area contributed by atoms with Crippen LogP contribution < -0.4 is 10.2 Å². The predicted octanol–water partition coefficient (Wildman–Crippen LogP) is 5.02. The van der Waals surface area contributed by atoms with E-state index in [0.717, 1.165) is 12.1 Å². The van der Waals surface area contributed by atoms with E-state index in [2.05, 4.69) is 15.3 Å². The average Bonchev–Trinajstić information content (AvgIpc) is 2.68. The van der Waals surface area contributed by atoms with Gasteiger partial charge in [-0.1, -0.05) is 0 Å². The SMILES string of the molecule is CN(c1ccc(F)cc1)c1nc(Nc2ccc(C#N)cc2)ncc1C(F)(F)F. The normalized spacial score (nSPS) is 11.0. The fraction of sp³-hybridized carbons (Fsp3) is 0.105. The van der Waals surface area contributed by atoms with Crippen molar-refractivity contribution in [3.63, 3.8) is 0 Å². The lowest BCUT2D eigenvalue weighted by molar-refractivity contribution is -0.137. The van der Waals surface area contributed by atoms with E-state index in [-0.39, 0.29) is 11.8 Å². The highest BCUT2D eigenvalue weighted by Gasteiger charge is 2.36. The third-order valence-corrected chi connectivity index (χ3v) is 3.88. The summed E-state index contributed by atoms with van der Waals surface area (Å²) in [5, 5.41) is 11.6. The summed E-state index contributed by atoms with van der Waals surface area (Å²) >= 11 is 0. The number of hydrogen-bond acceptors (Lipinski definition) is 5. The highest BCUT2D eigenvalue weighted by Crippen LogP contribution is 2.37. The maximum Gasteiger partial charge on any atom is 0.421 e. The molecule has 0 aliphatic carbocycles. The Labute approximate surface area is 157 Å². The van der Waals surface area contributed by atoms with E-state index in [4.69, 9.17) is 5.26 Å². The first kappa shape index (κ1) is 19.1. The summed E-state index contributed by atoms with van der Waals surface area (Å²) in [4.78, 5) is 8.94. The fourth-order valence-corrected chi connectivity index (χ4v) is 2.43. The first-order valence-corrected chi connectivity index (χ1v) is 7.98. The molecule has 0 radical (unpaired) electrons. The fourth-order valence-electron chi connectivity index (χ4n) is 2.43. The molecule has 9 heteroatoms. The number of rotatable bonds is 4. The minimum atomic E-state index is -4.67. The van der Waals surface area contributed by atoms with Crippen LogP contribution in [0.25, 0.3) is 0 Å². The molecule has 3 aromatic rings. The van der Waals surface area contributed by atoms with Gasteiger partial charge in [-0.3, -0.25) is 0 Å². The van der Waals surface area contributed by atoms with Crippen molar-refractivity contribution in [3.05, 3.63) is 71.7 Å². The maximum atomic E-state index is 13.4. The van der Waals surface area contributed by atoms with Crippen LogP contribution in [-0.4, -0.2) is 17.0 Å². The van der Waals surface area contributed by atoms with Crippen LogP contribution in [0.15, 0.2) is 54.7 Å². The van der Waals surface area contributed by atoms with Gasteiger partial charge in [0.2, 0.25) is 5.95 Å². The number of halogens is 4. The van der Waals surface area contributed by atoms with E-state index in [1.165, 1.54) is 24.1 Å². The van der Waals surface area contributed by atoms with Gasteiger partial charge in [-0.25, -0.2) is 9.37 Å². The third kappa shape index (κ3) is 4.17. The number of nitrogens with zero attached hydrogens (tertiary/aromatic N) is 4. The van der Waals surface area contributed by atoms with Gasteiger partial charge in [-0.05, 0) is 48.5 Å². The van der Waals surface area contributed by atoms with Gasteiger partial charge in [0.15, 0.2) is 5.82 Å². The number of benzene rings is 2. The van der Waals surface area contributed by atoms with Crippen LogP contribution in [-0.2, 0) is 6.18 Å². The first-order chi connectivity index (χ1) is 13.3. The van der Waals surface area contributed by atoms with Gasteiger partial charge in [0.1, 0.15) is 11.4 Å². The summed E-state index contributed by atoms with van der Waals surface area (Å²) in [5.74, 6) is -0.939. The standard InChI is InChI=1S/C19H13F4N5/c1-28(15-8-4-13(20)5-9-15)17-16(19(21,22)23)11-25-18(27-17)26-14-6-2-12(10-24)3-7-14/h2-9,11H,1H3,(H,25,26,27). The molecule has 0 aliphatic rings. The van der Waals surface area contributed by atoms with Crippen LogP contribution in [0, 0.1) is 17.1 Å². The van der Waals surface area contributed by atoms with Crippen molar-refractivity contribution < 1.29 is 17.6 Å². The molecule has 1 aromatic heterocycles. The number of aromatic nitrogens is 2. The molecule has 0 spiro atoms. The van der Waals surface area contributed by atoms with Crippen LogP contribution in [0.3, 0.4) is 0 Å². The highest BCUT2D eigenvalue weighted by molar-refractivity contribution is 5.65. The zero-order chi connectivity index (χ0) is 20.3. The van der Waals surface area contributed by atoms with Gasteiger partial charge in [0.25, 0.3) is 0 Å². The van der Waals surface area contributed by atoms with Gasteiger partial charge >= 0.3 is 6.18 Å². The van der Waals surface area contributed by atoms with Crippen LogP contribution in [0.4, 0.5) is 40.7 Å². The summed E-state index contributed by atoms with van der Waals surface area (Å²) in [7, 11) is 1.40.